The maximum absolute atomic E-state index is 12.5. The van der Waals surface area contributed by atoms with Crippen molar-refractivity contribution in [3.63, 3.8) is 0 Å². The first-order valence-corrected chi connectivity index (χ1v) is 9.56. The van der Waals surface area contributed by atoms with Crippen LogP contribution in [-0.4, -0.2) is 55.0 Å². The summed E-state index contributed by atoms with van der Waals surface area (Å²) in [7, 11) is 0. The van der Waals surface area contributed by atoms with Crippen LogP contribution in [0.4, 0.5) is 0 Å². The molecule has 2 fully saturated rings. The third-order valence-electron chi connectivity index (χ3n) is 4.67. The SMILES string of the molecule is CC.O=C(C1CCNCC1)N1CCN(Cc2cccc(Cl)c2)CC1. The normalized spacial score (nSPS) is 19.5. The van der Waals surface area contributed by atoms with Crippen LogP contribution < -0.4 is 5.32 Å². The Balaban J connectivity index is 0.00000100. The van der Waals surface area contributed by atoms with E-state index in [0.717, 1.165) is 63.7 Å². The largest absolute Gasteiger partial charge is 0.340 e. The molecule has 1 amide bonds. The van der Waals surface area contributed by atoms with E-state index >= 15 is 0 Å². The van der Waals surface area contributed by atoms with Crippen molar-refractivity contribution in [1.29, 1.82) is 0 Å². The summed E-state index contributed by atoms with van der Waals surface area (Å²) < 4.78 is 0. The van der Waals surface area contributed by atoms with Crippen LogP contribution in [0.3, 0.4) is 0 Å². The van der Waals surface area contributed by atoms with Gasteiger partial charge in [0.2, 0.25) is 5.91 Å². The van der Waals surface area contributed by atoms with E-state index < -0.39 is 0 Å². The van der Waals surface area contributed by atoms with Crippen LogP contribution in [-0.2, 0) is 11.3 Å². The Morgan fingerprint density at radius 1 is 1.17 bits per heavy atom. The fraction of sp³-hybridized carbons (Fsp3) is 0.632. The maximum atomic E-state index is 12.5. The molecule has 24 heavy (non-hydrogen) atoms. The molecule has 2 aliphatic rings. The van der Waals surface area contributed by atoms with Crippen molar-refractivity contribution in [2.75, 3.05) is 39.3 Å². The highest BCUT2D eigenvalue weighted by Crippen LogP contribution is 2.18. The molecule has 1 aromatic rings. The van der Waals surface area contributed by atoms with Crippen molar-refractivity contribution in [2.45, 2.75) is 33.2 Å². The van der Waals surface area contributed by atoms with Gasteiger partial charge in [0.05, 0.1) is 0 Å². The molecule has 2 saturated heterocycles. The lowest BCUT2D eigenvalue weighted by Gasteiger charge is -2.37. The summed E-state index contributed by atoms with van der Waals surface area (Å²) in [4.78, 5) is 17.0. The molecule has 2 aliphatic heterocycles. The number of halogens is 1. The zero-order valence-corrected chi connectivity index (χ0v) is 15.7. The molecule has 1 N–H and O–H groups in total. The molecule has 5 heteroatoms. The number of hydrogen-bond donors (Lipinski definition) is 1. The molecule has 0 aromatic heterocycles. The predicted octanol–water partition coefficient (Wildman–Crippen LogP) is 3.01. The van der Waals surface area contributed by atoms with Crippen LogP contribution in [0.1, 0.15) is 32.3 Å². The Morgan fingerprint density at radius 3 is 2.46 bits per heavy atom. The van der Waals surface area contributed by atoms with E-state index in [2.05, 4.69) is 21.2 Å². The first-order chi connectivity index (χ1) is 11.7. The Kier molecular flexibility index (Phi) is 8.03. The molecule has 3 rings (SSSR count). The predicted molar refractivity (Wildman–Crippen MR) is 100 cm³/mol. The number of nitrogens with one attached hydrogen (secondary N) is 1. The number of benzene rings is 1. The minimum Gasteiger partial charge on any atom is -0.340 e. The molecule has 1 aromatic carbocycles. The molecule has 134 valence electrons. The summed E-state index contributed by atoms with van der Waals surface area (Å²) in [5.74, 6) is 0.602. The first kappa shape index (κ1) is 19.2. The average molecular weight is 352 g/mol. The number of rotatable bonds is 3. The third kappa shape index (κ3) is 5.47. The number of carbonyl (C=O) groups is 1. The van der Waals surface area contributed by atoms with Crippen molar-refractivity contribution in [2.24, 2.45) is 5.92 Å². The van der Waals surface area contributed by atoms with Crippen LogP contribution >= 0.6 is 11.6 Å². The van der Waals surface area contributed by atoms with Gasteiger partial charge in [-0.15, -0.1) is 0 Å². The van der Waals surface area contributed by atoms with Crippen molar-refractivity contribution < 1.29 is 4.79 Å². The monoisotopic (exact) mass is 351 g/mol. The molecule has 0 radical (unpaired) electrons. The van der Waals surface area contributed by atoms with Crippen molar-refractivity contribution in [3.05, 3.63) is 34.9 Å². The van der Waals surface area contributed by atoms with E-state index in [9.17, 15) is 4.79 Å². The molecular weight excluding hydrogens is 322 g/mol. The van der Waals surface area contributed by atoms with Crippen LogP contribution in [0.25, 0.3) is 0 Å². The molecule has 2 heterocycles. The number of piperidine rings is 1. The molecule has 0 aliphatic carbocycles. The Hall–Kier alpha value is -1.10. The van der Waals surface area contributed by atoms with Gasteiger partial charge in [0, 0.05) is 43.7 Å². The van der Waals surface area contributed by atoms with Gasteiger partial charge in [-0.25, -0.2) is 0 Å². The summed E-state index contributed by atoms with van der Waals surface area (Å²) in [6, 6.07) is 8.03. The number of carbonyl (C=O) groups excluding carboxylic acids is 1. The third-order valence-corrected chi connectivity index (χ3v) is 4.90. The van der Waals surface area contributed by atoms with Gasteiger partial charge < -0.3 is 10.2 Å². The number of nitrogens with zero attached hydrogens (tertiary/aromatic N) is 2. The highest BCUT2D eigenvalue weighted by atomic mass is 35.5. The zero-order chi connectivity index (χ0) is 17.4. The van der Waals surface area contributed by atoms with Crippen LogP contribution in [0, 0.1) is 5.92 Å². The first-order valence-electron chi connectivity index (χ1n) is 9.19. The number of amides is 1. The zero-order valence-electron chi connectivity index (χ0n) is 14.9. The summed E-state index contributed by atoms with van der Waals surface area (Å²) in [6.45, 7) is 10.5. The maximum Gasteiger partial charge on any atom is 0.225 e. The minimum absolute atomic E-state index is 0.237. The standard InChI is InChI=1S/C17H24ClN3O.C2H6/c18-16-3-1-2-14(12-16)13-20-8-10-21(11-9-20)17(22)15-4-6-19-7-5-15;1-2/h1-3,12,15,19H,4-11,13H2;1-2H3. The molecule has 0 saturated carbocycles. The van der Waals surface area contributed by atoms with Crippen LogP contribution in [0.2, 0.25) is 5.02 Å². The summed E-state index contributed by atoms with van der Waals surface area (Å²) >= 11 is 6.04. The highest BCUT2D eigenvalue weighted by Gasteiger charge is 2.28. The smallest absolute Gasteiger partial charge is 0.225 e. The van der Waals surface area contributed by atoms with Gasteiger partial charge in [-0.05, 0) is 43.6 Å². The topological polar surface area (TPSA) is 35.6 Å². The fourth-order valence-corrected chi connectivity index (χ4v) is 3.56. The fourth-order valence-electron chi connectivity index (χ4n) is 3.35. The molecule has 0 bridgehead atoms. The molecule has 4 nitrogen and oxygen atoms in total. The van der Waals surface area contributed by atoms with Crippen LogP contribution in [0.15, 0.2) is 24.3 Å². The van der Waals surface area contributed by atoms with Crippen molar-refractivity contribution >= 4 is 17.5 Å². The Labute approximate surface area is 151 Å². The molecule has 0 atom stereocenters. The van der Waals surface area contributed by atoms with E-state index in [0.29, 0.717) is 5.91 Å². The minimum atomic E-state index is 0.237. The van der Waals surface area contributed by atoms with Crippen molar-refractivity contribution in [1.82, 2.24) is 15.1 Å². The molecule has 0 unspecified atom stereocenters. The second kappa shape index (κ2) is 10.0. The second-order valence-electron chi connectivity index (χ2n) is 6.26. The van der Waals surface area contributed by atoms with Gasteiger partial charge in [-0.3, -0.25) is 9.69 Å². The van der Waals surface area contributed by atoms with Gasteiger partial charge >= 0.3 is 0 Å². The van der Waals surface area contributed by atoms with Gasteiger partial charge in [0.25, 0.3) is 0 Å². The van der Waals surface area contributed by atoms with E-state index in [-0.39, 0.29) is 5.92 Å². The lowest BCUT2D eigenvalue weighted by atomic mass is 9.96. The average Bonchev–Trinajstić information content (AvgIpc) is 2.64. The summed E-state index contributed by atoms with van der Waals surface area (Å²) in [5.41, 5.74) is 1.24. The number of hydrogen-bond acceptors (Lipinski definition) is 3. The lowest BCUT2D eigenvalue weighted by Crippen LogP contribution is -2.51. The molecular formula is C19H30ClN3O. The highest BCUT2D eigenvalue weighted by molar-refractivity contribution is 6.30. The van der Waals surface area contributed by atoms with Crippen molar-refractivity contribution in [3.8, 4) is 0 Å². The van der Waals surface area contributed by atoms with E-state index in [1.807, 2.05) is 32.0 Å². The van der Waals surface area contributed by atoms with Gasteiger partial charge in [0.15, 0.2) is 0 Å². The van der Waals surface area contributed by atoms with E-state index in [1.54, 1.807) is 0 Å². The quantitative estimate of drug-likeness (QED) is 0.909. The van der Waals surface area contributed by atoms with Gasteiger partial charge in [-0.1, -0.05) is 37.6 Å². The van der Waals surface area contributed by atoms with E-state index in [4.69, 9.17) is 11.6 Å². The summed E-state index contributed by atoms with van der Waals surface area (Å²) in [5, 5.41) is 4.11. The Bertz CT molecular complexity index is 509. The lowest BCUT2D eigenvalue weighted by molar-refractivity contribution is -0.138. The molecule has 0 spiro atoms. The Morgan fingerprint density at radius 2 is 1.83 bits per heavy atom. The number of piperazine rings is 1. The van der Waals surface area contributed by atoms with E-state index in [1.165, 1.54) is 5.56 Å². The second-order valence-corrected chi connectivity index (χ2v) is 6.69. The van der Waals surface area contributed by atoms with Gasteiger partial charge in [-0.2, -0.15) is 0 Å². The van der Waals surface area contributed by atoms with Crippen LogP contribution in [0.5, 0.6) is 0 Å². The van der Waals surface area contributed by atoms with Gasteiger partial charge in [0.1, 0.15) is 0 Å². The summed E-state index contributed by atoms with van der Waals surface area (Å²) in [6.07, 6.45) is 1.98.